The molecule has 0 radical (unpaired) electrons. The van der Waals surface area contributed by atoms with Crippen molar-refractivity contribution < 1.29 is 23.8 Å². The zero-order chi connectivity index (χ0) is 21.7. The molecule has 0 saturated carbocycles. The fourth-order valence-electron chi connectivity index (χ4n) is 2.48. The van der Waals surface area contributed by atoms with E-state index in [2.05, 4.69) is 31.1 Å². The molecule has 1 heterocycles. The van der Waals surface area contributed by atoms with Gasteiger partial charge in [-0.3, -0.25) is 5.10 Å². The first-order valence-electron chi connectivity index (χ1n) is 8.63. The molecule has 0 bridgehead atoms. The SMILES string of the molecule is COc1cc(C=C(Sc2n[nH]c(C)n2)C(=O)O)cc(Br)c1OCc1ccccc1F. The highest BCUT2D eigenvalue weighted by molar-refractivity contribution is 9.10. The minimum Gasteiger partial charge on any atom is -0.493 e. The van der Waals surface area contributed by atoms with Crippen LogP contribution in [-0.4, -0.2) is 33.4 Å². The number of aryl methyl sites for hydroxylation is 1. The predicted molar refractivity (Wildman–Crippen MR) is 114 cm³/mol. The largest absolute Gasteiger partial charge is 0.493 e. The Morgan fingerprint density at radius 1 is 1.37 bits per heavy atom. The quantitative estimate of drug-likeness (QED) is 0.342. The maximum absolute atomic E-state index is 13.8. The van der Waals surface area contributed by atoms with E-state index in [4.69, 9.17) is 9.47 Å². The molecular weight excluding hydrogens is 477 g/mol. The van der Waals surface area contributed by atoms with Crippen LogP contribution in [0, 0.1) is 12.7 Å². The number of halogens is 2. The number of nitrogens with one attached hydrogen (secondary N) is 1. The first-order valence-corrected chi connectivity index (χ1v) is 10.2. The fourth-order valence-corrected chi connectivity index (χ4v) is 3.81. The number of rotatable bonds is 8. The summed E-state index contributed by atoms with van der Waals surface area (Å²) in [6.07, 6.45) is 1.48. The summed E-state index contributed by atoms with van der Waals surface area (Å²) < 4.78 is 25.5. The molecule has 0 atom stereocenters. The number of carboxylic acid groups (broad SMARTS) is 1. The highest BCUT2D eigenvalue weighted by Gasteiger charge is 2.16. The second-order valence-corrected chi connectivity index (χ2v) is 7.90. The number of ether oxygens (including phenoxy) is 2. The second-order valence-electron chi connectivity index (χ2n) is 6.03. The van der Waals surface area contributed by atoms with Crippen molar-refractivity contribution in [1.82, 2.24) is 15.2 Å². The van der Waals surface area contributed by atoms with Gasteiger partial charge in [0.1, 0.15) is 23.2 Å². The van der Waals surface area contributed by atoms with E-state index in [1.807, 2.05) is 0 Å². The van der Waals surface area contributed by atoms with Crippen molar-refractivity contribution in [3.8, 4) is 11.5 Å². The van der Waals surface area contributed by atoms with Crippen LogP contribution in [0.4, 0.5) is 4.39 Å². The fraction of sp³-hybridized carbons (Fsp3) is 0.150. The number of hydrogen-bond donors (Lipinski definition) is 2. The lowest BCUT2D eigenvalue weighted by molar-refractivity contribution is -0.131. The molecule has 156 valence electrons. The molecule has 10 heteroatoms. The maximum Gasteiger partial charge on any atom is 0.342 e. The summed E-state index contributed by atoms with van der Waals surface area (Å²) in [5.41, 5.74) is 0.968. The summed E-state index contributed by atoms with van der Waals surface area (Å²) >= 11 is 4.34. The molecule has 3 aromatic rings. The number of carbonyl (C=O) groups is 1. The van der Waals surface area contributed by atoms with Crippen molar-refractivity contribution in [2.24, 2.45) is 0 Å². The third kappa shape index (κ3) is 5.39. The number of hydrogen-bond acceptors (Lipinski definition) is 6. The van der Waals surface area contributed by atoms with Crippen LogP contribution in [0.3, 0.4) is 0 Å². The minimum atomic E-state index is -1.11. The topological polar surface area (TPSA) is 97.3 Å². The molecule has 0 aliphatic rings. The number of benzene rings is 2. The average molecular weight is 494 g/mol. The number of H-pyrrole nitrogens is 1. The molecular formula is C20H17BrFN3O4S. The van der Waals surface area contributed by atoms with Crippen molar-refractivity contribution in [1.29, 1.82) is 0 Å². The van der Waals surface area contributed by atoms with Crippen LogP contribution in [0.25, 0.3) is 6.08 Å². The Balaban J connectivity index is 1.87. The summed E-state index contributed by atoms with van der Waals surface area (Å²) in [6.45, 7) is 1.74. The molecule has 0 spiro atoms. The molecule has 1 aromatic heterocycles. The van der Waals surface area contributed by atoms with Gasteiger partial charge in [0.25, 0.3) is 0 Å². The van der Waals surface area contributed by atoms with Crippen LogP contribution in [0.1, 0.15) is 17.0 Å². The van der Waals surface area contributed by atoms with E-state index in [1.165, 1.54) is 19.3 Å². The molecule has 0 aliphatic carbocycles. The smallest absolute Gasteiger partial charge is 0.342 e. The molecule has 7 nitrogen and oxygen atoms in total. The van der Waals surface area contributed by atoms with Crippen molar-refractivity contribution in [3.63, 3.8) is 0 Å². The summed E-state index contributed by atoms with van der Waals surface area (Å²) in [7, 11) is 1.47. The number of methoxy groups -OCH3 is 1. The molecule has 3 rings (SSSR count). The number of aromatic amines is 1. The lowest BCUT2D eigenvalue weighted by Crippen LogP contribution is -2.01. The number of thioether (sulfide) groups is 1. The van der Waals surface area contributed by atoms with Gasteiger partial charge in [0, 0.05) is 5.56 Å². The molecule has 0 unspecified atom stereocenters. The van der Waals surface area contributed by atoms with Gasteiger partial charge in [-0.2, -0.15) is 0 Å². The van der Waals surface area contributed by atoms with Gasteiger partial charge in [-0.05, 0) is 64.5 Å². The standard InChI is InChI=1S/C20H17BrFN3O4S/c1-11-23-20(25-24-11)30-17(19(26)27)9-12-7-14(21)18(16(8-12)28-2)29-10-13-5-3-4-6-15(13)22/h3-9H,10H2,1-2H3,(H,26,27)(H,23,24,25). The van der Waals surface area contributed by atoms with Crippen molar-refractivity contribution in [2.75, 3.05) is 7.11 Å². The zero-order valence-electron chi connectivity index (χ0n) is 16.0. The van der Waals surface area contributed by atoms with Gasteiger partial charge in [0.2, 0.25) is 5.16 Å². The Bertz CT molecular complexity index is 1100. The summed E-state index contributed by atoms with van der Waals surface area (Å²) in [5.74, 6) is -0.139. The molecule has 0 fully saturated rings. The lowest BCUT2D eigenvalue weighted by Gasteiger charge is -2.14. The summed E-state index contributed by atoms with van der Waals surface area (Å²) in [6, 6.07) is 9.64. The van der Waals surface area contributed by atoms with E-state index >= 15 is 0 Å². The zero-order valence-corrected chi connectivity index (χ0v) is 18.4. The Hall–Kier alpha value is -2.85. The normalized spacial score (nSPS) is 11.4. The molecule has 30 heavy (non-hydrogen) atoms. The number of aliphatic carboxylic acids is 1. The minimum absolute atomic E-state index is 0.0111. The van der Waals surface area contributed by atoms with Gasteiger partial charge in [-0.15, -0.1) is 5.10 Å². The highest BCUT2D eigenvalue weighted by Crippen LogP contribution is 2.38. The average Bonchev–Trinajstić information content (AvgIpc) is 3.12. The third-order valence-corrected chi connectivity index (χ3v) is 5.33. The molecule has 2 N–H and O–H groups in total. The van der Waals surface area contributed by atoms with Crippen LogP contribution >= 0.6 is 27.7 Å². The molecule has 0 aliphatic heterocycles. The summed E-state index contributed by atoms with van der Waals surface area (Å²) in [5, 5.41) is 16.4. The number of nitrogens with zero attached hydrogens (tertiary/aromatic N) is 2. The van der Waals surface area contributed by atoms with E-state index in [1.54, 1.807) is 37.3 Å². The highest BCUT2D eigenvalue weighted by atomic mass is 79.9. The Morgan fingerprint density at radius 3 is 2.77 bits per heavy atom. The monoisotopic (exact) mass is 493 g/mol. The number of aromatic nitrogens is 3. The molecule has 0 saturated heterocycles. The van der Waals surface area contributed by atoms with E-state index in [0.717, 1.165) is 11.8 Å². The van der Waals surface area contributed by atoms with E-state index < -0.39 is 5.97 Å². The molecule has 0 amide bonds. The van der Waals surface area contributed by atoms with Gasteiger partial charge >= 0.3 is 5.97 Å². The summed E-state index contributed by atoms with van der Waals surface area (Å²) in [4.78, 5) is 15.8. The number of carboxylic acids is 1. The van der Waals surface area contributed by atoms with Gasteiger partial charge < -0.3 is 14.6 Å². The first kappa shape index (κ1) is 21.8. The van der Waals surface area contributed by atoms with Crippen LogP contribution in [0.5, 0.6) is 11.5 Å². The predicted octanol–water partition coefficient (Wildman–Crippen LogP) is 4.82. The van der Waals surface area contributed by atoms with Crippen LogP contribution < -0.4 is 9.47 Å². The third-order valence-electron chi connectivity index (χ3n) is 3.87. The van der Waals surface area contributed by atoms with E-state index in [0.29, 0.717) is 38.1 Å². The van der Waals surface area contributed by atoms with Crippen LogP contribution in [0.2, 0.25) is 0 Å². The Kier molecular flexibility index (Phi) is 7.11. The van der Waals surface area contributed by atoms with Crippen molar-refractivity contribution >= 4 is 39.7 Å². The maximum atomic E-state index is 13.8. The molecule has 2 aromatic carbocycles. The van der Waals surface area contributed by atoms with Gasteiger partial charge in [-0.1, -0.05) is 18.2 Å². The Morgan fingerprint density at radius 2 is 2.13 bits per heavy atom. The Labute approximate surface area is 184 Å². The van der Waals surface area contributed by atoms with Crippen molar-refractivity contribution in [3.05, 3.63) is 68.5 Å². The van der Waals surface area contributed by atoms with E-state index in [9.17, 15) is 14.3 Å². The van der Waals surface area contributed by atoms with Gasteiger partial charge in [-0.25, -0.2) is 14.2 Å². The van der Waals surface area contributed by atoms with Gasteiger partial charge in [0.15, 0.2) is 11.5 Å². The van der Waals surface area contributed by atoms with Crippen LogP contribution in [-0.2, 0) is 11.4 Å². The first-order chi connectivity index (χ1) is 14.4. The van der Waals surface area contributed by atoms with Gasteiger partial charge in [0.05, 0.1) is 11.6 Å². The van der Waals surface area contributed by atoms with E-state index in [-0.39, 0.29) is 17.3 Å². The van der Waals surface area contributed by atoms with Crippen molar-refractivity contribution in [2.45, 2.75) is 18.7 Å². The van der Waals surface area contributed by atoms with Crippen LogP contribution in [0.15, 0.2) is 50.9 Å². The lowest BCUT2D eigenvalue weighted by atomic mass is 10.2. The second kappa shape index (κ2) is 9.77.